The van der Waals surface area contributed by atoms with E-state index in [-0.39, 0.29) is 17.9 Å². The van der Waals surface area contributed by atoms with Crippen LogP contribution < -0.4 is 9.47 Å². The molecule has 8 heteroatoms. The normalized spacial score (nSPS) is 15.3. The molecule has 6 nitrogen and oxygen atoms in total. The van der Waals surface area contributed by atoms with Gasteiger partial charge in [-0.1, -0.05) is 105 Å². The Kier molecular flexibility index (Phi) is 9.32. The Morgan fingerprint density at radius 3 is 2.35 bits per heavy atom. The Morgan fingerprint density at radius 1 is 1.02 bits per heavy atom. The molecule has 1 atom stereocenters. The van der Waals surface area contributed by atoms with Gasteiger partial charge in [-0.3, -0.25) is 9.69 Å². The fourth-order valence-corrected chi connectivity index (χ4v) is 5.57. The first-order chi connectivity index (χ1) is 19.1. The molecule has 1 unspecified atom stereocenters. The first kappa shape index (κ1) is 29.4. The van der Waals surface area contributed by atoms with E-state index in [0.717, 1.165) is 22.9 Å². The van der Waals surface area contributed by atoms with Crippen LogP contribution >= 0.6 is 24.0 Å². The van der Waals surface area contributed by atoms with Crippen molar-refractivity contribution in [2.24, 2.45) is 0 Å². The number of carbonyl (C=O) groups excluding carboxylic acids is 2. The van der Waals surface area contributed by atoms with Gasteiger partial charge < -0.3 is 14.2 Å². The number of rotatable bonds is 9. The summed E-state index contributed by atoms with van der Waals surface area (Å²) in [5, 5.41) is 0. The number of hydrogen-bond acceptors (Lipinski definition) is 7. The summed E-state index contributed by atoms with van der Waals surface area (Å²) in [6.07, 6.45) is 1.74. The molecule has 40 heavy (non-hydrogen) atoms. The van der Waals surface area contributed by atoms with Gasteiger partial charge in [-0.05, 0) is 52.8 Å². The van der Waals surface area contributed by atoms with Crippen LogP contribution in [0.5, 0.6) is 11.5 Å². The summed E-state index contributed by atoms with van der Waals surface area (Å²) in [4.78, 5) is 28.1. The molecule has 0 saturated carbocycles. The van der Waals surface area contributed by atoms with E-state index in [1.54, 1.807) is 32.2 Å². The molecule has 1 amide bonds. The van der Waals surface area contributed by atoms with Crippen LogP contribution in [0.2, 0.25) is 0 Å². The minimum Gasteiger partial charge on any atom is -0.493 e. The maximum atomic E-state index is 13.5. The second-order valence-corrected chi connectivity index (χ2v) is 11.9. The second-order valence-electron chi connectivity index (χ2n) is 10.3. The van der Waals surface area contributed by atoms with E-state index in [4.69, 9.17) is 26.4 Å². The maximum Gasteiger partial charge on any atom is 0.333 e. The molecule has 0 N–H and O–H groups in total. The first-order valence-electron chi connectivity index (χ1n) is 13.0. The zero-order valence-electron chi connectivity index (χ0n) is 23.3. The second kappa shape index (κ2) is 12.7. The monoisotopic (exact) mass is 575 g/mol. The predicted octanol–water partition coefficient (Wildman–Crippen LogP) is 7.08. The Hall–Kier alpha value is -3.62. The molecule has 1 heterocycles. The zero-order chi connectivity index (χ0) is 28.9. The number of hydrogen-bond donors (Lipinski definition) is 0. The van der Waals surface area contributed by atoms with Crippen LogP contribution in [-0.4, -0.2) is 34.8 Å². The maximum absolute atomic E-state index is 13.5. The standard InChI is InChI=1S/C32H33NO5S2/c1-6-37-30(35)28(23-10-8-7-9-11-23)33-29(34)27(40-31(33)39)19-22-14-17-25(26(18-22)36-5)38-20-21-12-15-24(16-13-21)32(2,3)4/h7-19,28H,6,20H2,1-5H3/b27-19+. The number of amides is 1. The summed E-state index contributed by atoms with van der Waals surface area (Å²) >= 11 is 6.70. The number of thiocarbonyl (C=S) groups is 1. The number of benzene rings is 3. The van der Waals surface area contributed by atoms with Gasteiger partial charge in [0.15, 0.2) is 17.5 Å². The lowest BCUT2D eigenvalue weighted by atomic mass is 9.87. The summed E-state index contributed by atoms with van der Waals surface area (Å²) in [5.41, 5.74) is 3.79. The molecule has 1 aliphatic heterocycles. The van der Waals surface area contributed by atoms with E-state index < -0.39 is 12.0 Å². The molecule has 3 aromatic rings. The number of nitrogens with zero attached hydrogens (tertiary/aromatic N) is 1. The molecule has 4 rings (SSSR count). The summed E-state index contributed by atoms with van der Waals surface area (Å²) < 4.78 is 17.2. The summed E-state index contributed by atoms with van der Waals surface area (Å²) in [6, 6.07) is 22.0. The Balaban J connectivity index is 1.53. The minimum atomic E-state index is -0.956. The van der Waals surface area contributed by atoms with E-state index in [9.17, 15) is 9.59 Å². The SMILES string of the molecule is CCOC(=O)C(c1ccccc1)N1C(=O)/C(=C\c2ccc(OCc3ccc(C(C)(C)C)cc3)c(OC)c2)SC1=S. The highest BCUT2D eigenvalue weighted by Gasteiger charge is 2.42. The van der Waals surface area contributed by atoms with Gasteiger partial charge in [0, 0.05) is 0 Å². The minimum absolute atomic E-state index is 0.0912. The molecular weight excluding hydrogens is 542 g/mol. The average molecular weight is 576 g/mol. The van der Waals surface area contributed by atoms with E-state index in [0.29, 0.717) is 32.9 Å². The lowest BCUT2D eigenvalue weighted by Gasteiger charge is -2.25. The van der Waals surface area contributed by atoms with Crippen molar-refractivity contribution in [1.82, 2.24) is 4.90 Å². The molecule has 208 valence electrons. The van der Waals surface area contributed by atoms with Gasteiger partial charge in [-0.25, -0.2) is 4.79 Å². The highest BCUT2D eigenvalue weighted by Crippen LogP contribution is 2.39. The van der Waals surface area contributed by atoms with Crippen LogP contribution in [0, 0.1) is 0 Å². The number of carbonyl (C=O) groups is 2. The average Bonchev–Trinajstić information content (AvgIpc) is 3.20. The molecule has 3 aromatic carbocycles. The van der Waals surface area contributed by atoms with Crippen molar-refractivity contribution in [3.63, 3.8) is 0 Å². The highest BCUT2D eigenvalue weighted by atomic mass is 32.2. The van der Waals surface area contributed by atoms with E-state index in [1.165, 1.54) is 10.5 Å². The highest BCUT2D eigenvalue weighted by molar-refractivity contribution is 8.26. The molecule has 0 bridgehead atoms. The number of methoxy groups -OCH3 is 1. The van der Waals surface area contributed by atoms with Crippen molar-refractivity contribution >= 4 is 46.3 Å². The lowest BCUT2D eigenvalue weighted by molar-refractivity contribution is -0.151. The van der Waals surface area contributed by atoms with Gasteiger partial charge in [0.1, 0.15) is 10.9 Å². The zero-order valence-corrected chi connectivity index (χ0v) is 24.9. The molecule has 1 saturated heterocycles. The topological polar surface area (TPSA) is 65.1 Å². The van der Waals surface area contributed by atoms with Crippen molar-refractivity contribution in [2.45, 2.75) is 45.8 Å². The van der Waals surface area contributed by atoms with Crippen LogP contribution in [0.25, 0.3) is 6.08 Å². The van der Waals surface area contributed by atoms with Crippen LogP contribution in [-0.2, 0) is 26.3 Å². The Bertz CT molecular complexity index is 1410. The van der Waals surface area contributed by atoms with E-state index >= 15 is 0 Å². The summed E-state index contributed by atoms with van der Waals surface area (Å²) in [7, 11) is 1.58. The van der Waals surface area contributed by atoms with Gasteiger partial charge in [0.2, 0.25) is 0 Å². The molecule has 0 aliphatic carbocycles. The van der Waals surface area contributed by atoms with Gasteiger partial charge in [-0.15, -0.1) is 0 Å². The number of thioether (sulfide) groups is 1. The fraction of sp³-hybridized carbons (Fsp3) is 0.281. The van der Waals surface area contributed by atoms with Gasteiger partial charge in [-0.2, -0.15) is 0 Å². The van der Waals surface area contributed by atoms with E-state index in [2.05, 4.69) is 45.0 Å². The van der Waals surface area contributed by atoms with E-state index in [1.807, 2.05) is 36.4 Å². The van der Waals surface area contributed by atoms with Crippen LogP contribution in [0.4, 0.5) is 0 Å². The molecule has 0 spiro atoms. The summed E-state index contributed by atoms with van der Waals surface area (Å²) in [6.45, 7) is 8.88. The van der Waals surface area contributed by atoms with Crippen molar-refractivity contribution in [3.8, 4) is 11.5 Å². The Labute approximate surface area is 245 Å². The third-order valence-electron chi connectivity index (χ3n) is 6.41. The molecule has 1 aliphatic rings. The summed E-state index contributed by atoms with van der Waals surface area (Å²) in [5.74, 6) is 0.264. The third kappa shape index (κ3) is 6.74. The number of ether oxygens (including phenoxy) is 3. The first-order valence-corrected chi connectivity index (χ1v) is 14.2. The van der Waals surface area contributed by atoms with Gasteiger partial charge >= 0.3 is 5.97 Å². The molecule has 0 aromatic heterocycles. The lowest BCUT2D eigenvalue weighted by Crippen LogP contribution is -2.38. The molecule has 1 fully saturated rings. The molecular formula is C32H33NO5S2. The third-order valence-corrected chi connectivity index (χ3v) is 7.74. The van der Waals surface area contributed by atoms with Crippen molar-refractivity contribution in [3.05, 3.63) is 100.0 Å². The van der Waals surface area contributed by atoms with Gasteiger partial charge in [0.25, 0.3) is 5.91 Å². The van der Waals surface area contributed by atoms with Crippen LogP contribution in [0.15, 0.2) is 77.7 Å². The largest absolute Gasteiger partial charge is 0.493 e. The smallest absolute Gasteiger partial charge is 0.333 e. The predicted molar refractivity (Wildman–Crippen MR) is 163 cm³/mol. The Morgan fingerprint density at radius 2 is 1.73 bits per heavy atom. The van der Waals surface area contributed by atoms with Crippen LogP contribution in [0.3, 0.4) is 0 Å². The van der Waals surface area contributed by atoms with Gasteiger partial charge in [0.05, 0.1) is 18.6 Å². The number of esters is 1. The quantitative estimate of drug-likeness (QED) is 0.153. The van der Waals surface area contributed by atoms with Crippen LogP contribution in [0.1, 0.15) is 56.0 Å². The van der Waals surface area contributed by atoms with Crippen molar-refractivity contribution in [2.75, 3.05) is 13.7 Å². The van der Waals surface area contributed by atoms with Crippen molar-refractivity contribution in [1.29, 1.82) is 0 Å². The van der Waals surface area contributed by atoms with Crippen molar-refractivity contribution < 1.29 is 23.8 Å². The molecule has 0 radical (unpaired) electrons. The fourth-order valence-electron chi connectivity index (χ4n) is 4.26.